The number of benzene rings is 3. The molecule has 7 nitrogen and oxygen atoms in total. The van der Waals surface area contributed by atoms with Crippen LogP contribution in [0.1, 0.15) is 15.9 Å². The molecule has 0 radical (unpaired) electrons. The van der Waals surface area contributed by atoms with Gasteiger partial charge in [0.15, 0.2) is 0 Å². The van der Waals surface area contributed by atoms with Crippen molar-refractivity contribution in [3.05, 3.63) is 88.4 Å². The van der Waals surface area contributed by atoms with E-state index in [9.17, 15) is 13.2 Å². The van der Waals surface area contributed by atoms with Crippen molar-refractivity contribution in [2.75, 3.05) is 11.8 Å². The van der Waals surface area contributed by atoms with Crippen LogP contribution in [-0.2, 0) is 10.0 Å². The van der Waals surface area contributed by atoms with Crippen molar-refractivity contribution < 1.29 is 17.9 Å². The Bertz CT molecular complexity index is 1160. The normalized spacial score (nSPS) is 11.3. The minimum absolute atomic E-state index is 0.0390. The minimum Gasteiger partial charge on any atom is -0.497 e. The van der Waals surface area contributed by atoms with Gasteiger partial charge in [0, 0.05) is 15.7 Å². The fraction of sp³-hybridized carbons (Fsp3) is 0.0476. The number of carbonyl (C=O) groups excluding carboxylic acids is 1. The molecule has 0 atom stereocenters. The standard InChI is InChI=1S/C21H18BrN3O4S/c1-29-19-11-9-18(10-12-19)25-30(27,28)20-4-2-3-16(13-20)21(26)24-23-14-15-5-7-17(22)8-6-15/h2-14,25H,1H3,(H,24,26). The number of nitrogens with one attached hydrogen (secondary N) is 2. The van der Waals surface area contributed by atoms with E-state index in [1.54, 1.807) is 24.3 Å². The third-order valence-electron chi connectivity index (χ3n) is 4.00. The predicted octanol–water partition coefficient (Wildman–Crippen LogP) is 4.02. The molecule has 0 aliphatic rings. The fourth-order valence-electron chi connectivity index (χ4n) is 2.46. The molecule has 0 heterocycles. The lowest BCUT2D eigenvalue weighted by atomic mass is 10.2. The molecular weight excluding hydrogens is 470 g/mol. The number of anilines is 1. The summed E-state index contributed by atoms with van der Waals surface area (Å²) in [5.41, 5.74) is 3.74. The molecule has 0 aliphatic heterocycles. The van der Waals surface area contributed by atoms with Crippen LogP contribution in [0, 0.1) is 0 Å². The molecule has 2 N–H and O–H groups in total. The lowest BCUT2D eigenvalue weighted by Gasteiger charge is -2.09. The molecule has 3 aromatic rings. The number of hydrogen-bond acceptors (Lipinski definition) is 5. The van der Waals surface area contributed by atoms with E-state index in [2.05, 4.69) is 31.2 Å². The van der Waals surface area contributed by atoms with Crippen LogP contribution in [0.25, 0.3) is 0 Å². The first kappa shape index (κ1) is 21.5. The van der Waals surface area contributed by atoms with Gasteiger partial charge in [-0.25, -0.2) is 13.8 Å². The number of nitrogens with zero attached hydrogens (tertiary/aromatic N) is 1. The summed E-state index contributed by atoms with van der Waals surface area (Å²) >= 11 is 3.34. The molecule has 0 unspecified atom stereocenters. The van der Waals surface area contributed by atoms with Gasteiger partial charge in [0.05, 0.1) is 18.2 Å². The highest BCUT2D eigenvalue weighted by Gasteiger charge is 2.16. The lowest BCUT2D eigenvalue weighted by Crippen LogP contribution is -2.19. The molecular formula is C21H18BrN3O4S. The largest absolute Gasteiger partial charge is 0.497 e. The van der Waals surface area contributed by atoms with Crippen LogP contribution in [0.15, 0.2) is 87.3 Å². The second-order valence-electron chi connectivity index (χ2n) is 6.11. The number of sulfonamides is 1. The van der Waals surface area contributed by atoms with E-state index in [1.807, 2.05) is 24.3 Å². The lowest BCUT2D eigenvalue weighted by molar-refractivity contribution is 0.0955. The van der Waals surface area contributed by atoms with Crippen LogP contribution in [0.4, 0.5) is 5.69 Å². The van der Waals surface area contributed by atoms with Crippen LogP contribution in [0.3, 0.4) is 0 Å². The predicted molar refractivity (Wildman–Crippen MR) is 119 cm³/mol. The highest BCUT2D eigenvalue weighted by Crippen LogP contribution is 2.20. The zero-order valence-electron chi connectivity index (χ0n) is 15.9. The second-order valence-corrected chi connectivity index (χ2v) is 8.71. The van der Waals surface area contributed by atoms with Gasteiger partial charge in [-0.15, -0.1) is 0 Å². The Balaban J connectivity index is 1.70. The Hall–Kier alpha value is -3.17. The molecule has 1 amide bonds. The average molecular weight is 488 g/mol. The number of hydrazone groups is 1. The molecule has 0 aliphatic carbocycles. The number of halogens is 1. The van der Waals surface area contributed by atoms with E-state index in [0.717, 1.165) is 10.0 Å². The molecule has 0 saturated heterocycles. The van der Waals surface area contributed by atoms with Crippen LogP contribution in [0.5, 0.6) is 5.75 Å². The Kier molecular flexibility index (Phi) is 6.86. The van der Waals surface area contributed by atoms with Gasteiger partial charge in [0.1, 0.15) is 5.75 Å². The van der Waals surface area contributed by atoms with Gasteiger partial charge >= 0.3 is 0 Å². The van der Waals surface area contributed by atoms with Crippen molar-refractivity contribution in [3.63, 3.8) is 0 Å². The molecule has 154 valence electrons. The van der Waals surface area contributed by atoms with Crippen molar-refractivity contribution in [1.29, 1.82) is 0 Å². The maximum atomic E-state index is 12.6. The van der Waals surface area contributed by atoms with Gasteiger partial charge in [0.2, 0.25) is 0 Å². The number of carbonyl (C=O) groups is 1. The van der Waals surface area contributed by atoms with Crippen LogP contribution < -0.4 is 14.9 Å². The van der Waals surface area contributed by atoms with E-state index in [0.29, 0.717) is 11.4 Å². The number of methoxy groups -OCH3 is 1. The minimum atomic E-state index is -3.87. The van der Waals surface area contributed by atoms with Crippen LogP contribution in [0.2, 0.25) is 0 Å². The molecule has 3 aromatic carbocycles. The fourth-order valence-corrected chi connectivity index (χ4v) is 3.82. The van der Waals surface area contributed by atoms with Crippen LogP contribution >= 0.6 is 15.9 Å². The van der Waals surface area contributed by atoms with Crippen molar-refractivity contribution in [3.8, 4) is 5.75 Å². The summed E-state index contributed by atoms with van der Waals surface area (Å²) in [5.74, 6) is 0.0881. The third-order valence-corrected chi connectivity index (χ3v) is 5.91. The van der Waals surface area contributed by atoms with Crippen molar-refractivity contribution >= 4 is 43.8 Å². The summed E-state index contributed by atoms with van der Waals surface area (Å²) in [6.07, 6.45) is 1.50. The van der Waals surface area contributed by atoms with Gasteiger partial charge in [0.25, 0.3) is 15.9 Å². The Labute approximate surface area is 183 Å². The topological polar surface area (TPSA) is 96.9 Å². The van der Waals surface area contributed by atoms with E-state index in [-0.39, 0.29) is 10.5 Å². The molecule has 0 fully saturated rings. The highest BCUT2D eigenvalue weighted by atomic mass is 79.9. The zero-order chi connectivity index (χ0) is 21.6. The van der Waals surface area contributed by atoms with E-state index < -0.39 is 15.9 Å². The third kappa shape index (κ3) is 5.68. The van der Waals surface area contributed by atoms with E-state index in [4.69, 9.17) is 4.74 Å². The average Bonchev–Trinajstić information content (AvgIpc) is 2.75. The molecule has 0 spiro atoms. The number of ether oxygens (including phenoxy) is 1. The Morgan fingerprint density at radius 2 is 1.73 bits per heavy atom. The summed E-state index contributed by atoms with van der Waals surface area (Å²) in [4.78, 5) is 12.3. The summed E-state index contributed by atoms with van der Waals surface area (Å²) < 4.78 is 33.8. The Morgan fingerprint density at radius 1 is 1.03 bits per heavy atom. The summed E-state index contributed by atoms with van der Waals surface area (Å²) in [6, 6.07) is 19.5. The Morgan fingerprint density at radius 3 is 2.40 bits per heavy atom. The van der Waals surface area contributed by atoms with Crippen LogP contribution in [-0.4, -0.2) is 27.6 Å². The van der Waals surface area contributed by atoms with Gasteiger partial charge in [-0.3, -0.25) is 9.52 Å². The first-order valence-corrected chi connectivity index (χ1v) is 11.0. The zero-order valence-corrected chi connectivity index (χ0v) is 18.3. The summed E-state index contributed by atoms with van der Waals surface area (Å²) in [5, 5.41) is 3.91. The van der Waals surface area contributed by atoms with Crippen molar-refractivity contribution in [2.45, 2.75) is 4.90 Å². The van der Waals surface area contributed by atoms with E-state index >= 15 is 0 Å². The maximum absolute atomic E-state index is 12.6. The maximum Gasteiger partial charge on any atom is 0.271 e. The molecule has 0 saturated carbocycles. The summed E-state index contributed by atoms with van der Waals surface area (Å²) in [7, 11) is -2.34. The molecule has 3 rings (SSSR count). The highest BCUT2D eigenvalue weighted by molar-refractivity contribution is 9.10. The molecule has 9 heteroatoms. The van der Waals surface area contributed by atoms with Crippen molar-refractivity contribution in [1.82, 2.24) is 5.43 Å². The molecule has 30 heavy (non-hydrogen) atoms. The van der Waals surface area contributed by atoms with Gasteiger partial charge in [-0.1, -0.05) is 34.1 Å². The quantitative estimate of drug-likeness (QED) is 0.388. The van der Waals surface area contributed by atoms with Crippen molar-refractivity contribution in [2.24, 2.45) is 5.10 Å². The van der Waals surface area contributed by atoms with Gasteiger partial charge in [-0.2, -0.15) is 5.10 Å². The molecule has 0 bridgehead atoms. The number of hydrogen-bond donors (Lipinski definition) is 2. The monoisotopic (exact) mass is 487 g/mol. The number of amides is 1. The first-order chi connectivity index (χ1) is 14.4. The van der Waals surface area contributed by atoms with Gasteiger partial charge in [-0.05, 0) is 60.2 Å². The number of rotatable bonds is 7. The second kappa shape index (κ2) is 9.55. The SMILES string of the molecule is COc1ccc(NS(=O)(=O)c2cccc(C(=O)NN=Cc3ccc(Br)cc3)c2)cc1. The van der Waals surface area contributed by atoms with Gasteiger partial charge < -0.3 is 4.74 Å². The first-order valence-electron chi connectivity index (χ1n) is 8.73. The van der Waals surface area contributed by atoms with E-state index in [1.165, 1.54) is 37.6 Å². The smallest absolute Gasteiger partial charge is 0.271 e. The summed E-state index contributed by atoms with van der Waals surface area (Å²) in [6.45, 7) is 0. The molecule has 0 aromatic heterocycles.